The number of hydrogen-bond donors (Lipinski definition) is 1. The number of hydrogen-bond acceptors (Lipinski definition) is 3. The van der Waals surface area contributed by atoms with E-state index < -0.39 is 0 Å². The molecule has 0 aromatic carbocycles. The summed E-state index contributed by atoms with van der Waals surface area (Å²) in [6.07, 6.45) is 6.59. The largest absolute Gasteiger partial charge is 0.366 e. The van der Waals surface area contributed by atoms with Crippen molar-refractivity contribution < 1.29 is 0 Å². The van der Waals surface area contributed by atoms with Gasteiger partial charge in [0, 0.05) is 43.4 Å². The molecule has 0 amide bonds. The van der Waals surface area contributed by atoms with Gasteiger partial charge in [-0.05, 0) is 26.7 Å². The zero-order chi connectivity index (χ0) is 13.4. The van der Waals surface area contributed by atoms with Gasteiger partial charge in [-0.25, -0.2) is 0 Å². The van der Waals surface area contributed by atoms with Gasteiger partial charge < -0.3 is 5.32 Å². The summed E-state index contributed by atoms with van der Waals surface area (Å²) >= 11 is 0. The van der Waals surface area contributed by atoms with Crippen LogP contribution >= 0.6 is 0 Å². The number of anilines is 1. The first kappa shape index (κ1) is 12.3. The third-order valence-corrected chi connectivity index (χ3v) is 3.55. The van der Waals surface area contributed by atoms with Crippen LogP contribution in [0.5, 0.6) is 0 Å². The summed E-state index contributed by atoms with van der Waals surface area (Å²) in [6, 6.07) is 2.58. The van der Waals surface area contributed by atoms with Gasteiger partial charge in [0.25, 0.3) is 0 Å². The van der Waals surface area contributed by atoms with Crippen LogP contribution in [0.1, 0.15) is 49.9 Å². The first-order chi connectivity index (χ1) is 9.13. The molecule has 3 rings (SSSR count). The normalized spacial score (nSPS) is 15.2. The molecule has 0 spiro atoms. The molecule has 1 N–H and O–H groups in total. The molecule has 1 aliphatic rings. The highest BCUT2D eigenvalue weighted by atomic mass is 15.3. The van der Waals surface area contributed by atoms with E-state index in [1.165, 1.54) is 24.1 Å². The third kappa shape index (κ3) is 2.64. The molecule has 5 nitrogen and oxygen atoms in total. The minimum atomic E-state index is 0.409. The summed E-state index contributed by atoms with van der Waals surface area (Å²) < 4.78 is 3.91. The van der Waals surface area contributed by atoms with Crippen LogP contribution in [0.4, 0.5) is 5.82 Å². The molecule has 1 saturated carbocycles. The molecular formula is C14H21N5. The van der Waals surface area contributed by atoms with Gasteiger partial charge in [0.15, 0.2) is 0 Å². The lowest BCUT2D eigenvalue weighted by molar-refractivity contribution is 0.532. The van der Waals surface area contributed by atoms with Crippen molar-refractivity contribution in [2.45, 2.75) is 45.2 Å². The molecule has 5 heteroatoms. The van der Waals surface area contributed by atoms with Gasteiger partial charge in [0.2, 0.25) is 0 Å². The second kappa shape index (κ2) is 4.72. The Hall–Kier alpha value is -1.78. The Morgan fingerprint density at radius 1 is 1.42 bits per heavy atom. The summed E-state index contributed by atoms with van der Waals surface area (Å²) in [5, 5.41) is 12.3. The first-order valence-electron chi connectivity index (χ1n) is 6.94. The van der Waals surface area contributed by atoms with Gasteiger partial charge in [-0.15, -0.1) is 0 Å². The summed E-state index contributed by atoms with van der Waals surface area (Å²) in [7, 11) is 1.99. The SMILES string of the molecule is CC(C)n1cc(CNc2cc(C3CC3)nn2C)cn1. The van der Waals surface area contributed by atoms with Gasteiger partial charge in [-0.2, -0.15) is 10.2 Å². The number of nitrogens with zero attached hydrogens (tertiary/aromatic N) is 4. The average molecular weight is 259 g/mol. The van der Waals surface area contributed by atoms with E-state index in [9.17, 15) is 0 Å². The second-order valence-corrected chi connectivity index (χ2v) is 5.63. The van der Waals surface area contributed by atoms with Crippen LogP contribution < -0.4 is 5.32 Å². The molecule has 0 bridgehead atoms. The Balaban J connectivity index is 1.64. The molecule has 0 radical (unpaired) electrons. The third-order valence-electron chi connectivity index (χ3n) is 3.55. The van der Waals surface area contributed by atoms with Crippen molar-refractivity contribution in [2.24, 2.45) is 7.05 Å². The lowest BCUT2D eigenvalue weighted by Crippen LogP contribution is -2.04. The fraction of sp³-hybridized carbons (Fsp3) is 0.571. The number of rotatable bonds is 5. The minimum absolute atomic E-state index is 0.409. The molecule has 0 saturated heterocycles. The summed E-state index contributed by atoms with van der Waals surface area (Å²) in [4.78, 5) is 0. The predicted octanol–water partition coefficient (Wildman–Crippen LogP) is 2.69. The molecular weight excluding hydrogens is 238 g/mol. The fourth-order valence-electron chi connectivity index (χ4n) is 2.18. The van der Waals surface area contributed by atoms with E-state index in [0.717, 1.165) is 12.4 Å². The van der Waals surface area contributed by atoms with Crippen molar-refractivity contribution in [1.29, 1.82) is 0 Å². The quantitative estimate of drug-likeness (QED) is 0.898. The van der Waals surface area contributed by atoms with E-state index >= 15 is 0 Å². The highest BCUT2D eigenvalue weighted by Crippen LogP contribution is 2.39. The van der Waals surface area contributed by atoms with Gasteiger partial charge in [-0.3, -0.25) is 9.36 Å². The van der Waals surface area contributed by atoms with Crippen molar-refractivity contribution in [3.63, 3.8) is 0 Å². The van der Waals surface area contributed by atoms with E-state index in [1.54, 1.807) is 0 Å². The van der Waals surface area contributed by atoms with Gasteiger partial charge in [0.1, 0.15) is 5.82 Å². The molecule has 1 aliphatic carbocycles. The molecule has 2 heterocycles. The van der Waals surface area contributed by atoms with Crippen LogP contribution in [0.25, 0.3) is 0 Å². The van der Waals surface area contributed by atoms with Crippen LogP contribution in [-0.4, -0.2) is 19.6 Å². The lowest BCUT2D eigenvalue weighted by atomic mass is 10.3. The standard InChI is InChI=1S/C14H21N5/c1-10(2)19-9-11(8-16-19)7-15-14-6-13(12-4-5-12)17-18(14)3/h6,8-10,12,15H,4-5,7H2,1-3H3. The van der Waals surface area contributed by atoms with Crippen molar-refractivity contribution in [3.05, 3.63) is 29.7 Å². The number of aromatic nitrogens is 4. The number of nitrogens with one attached hydrogen (secondary N) is 1. The lowest BCUT2D eigenvalue weighted by Gasteiger charge is -2.05. The Morgan fingerprint density at radius 3 is 2.84 bits per heavy atom. The summed E-state index contributed by atoms with van der Waals surface area (Å²) in [6.45, 7) is 5.05. The smallest absolute Gasteiger partial charge is 0.124 e. The highest BCUT2D eigenvalue weighted by molar-refractivity contribution is 5.39. The molecule has 19 heavy (non-hydrogen) atoms. The van der Waals surface area contributed by atoms with E-state index in [2.05, 4.69) is 41.6 Å². The molecule has 0 aliphatic heterocycles. The second-order valence-electron chi connectivity index (χ2n) is 5.63. The zero-order valence-electron chi connectivity index (χ0n) is 11.8. The van der Waals surface area contributed by atoms with E-state index in [1.807, 2.05) is 22.6 Å². The Morgan fingerprint density at radius 2 is 2.21 bits per heavy atom. The highest BCUT2D eigenvalue weighted by Gasteiger charge is 2.26. The Bertz CT molecular complexity index is 562. The molecule has 0 unspecified atom stereocenters. The van der Waals surface area contributed by atoms with Crippen molar-refractivity contribution in [3.8, 4) is 0 Å². The van der Waals surface area contributed by atoms with E-state index in [4.69, 9.17) is 0 Å². The van der Waals surface area contributed by atoms with Crippen molar-refractivity contribution in [1.82, 2.24) is 19.6 Å². The Kier molecular flexibility index (Phi) is 3.05. The van der Waals surface area contributed by atoms with E-state index in [0.29, 0.717) is 12.0 Å². The maximum Gasteiger partial charge on any atom is 0.124 e. The van der Waals surface area contributed by atoms with Crippen LogP contribution in [0.3, 0.4) is 0 Å². The average Bonchev–Trinajstić information content (AvgIpc) is 2.99. The minimum Gasteiger partial charge on any atom is -0.366 e. The van der Waals surface area contributed by atoms with Crippen molar-refractivity contribution in [2.75, 3.05) is 5.32 Å². The topological polar surface area (TPSA) is 47.7 Å². The molecule has 2 aromatic rings. The maximum atomic E-state index is 4.55. The fourth-order valence-corrected chi connectivity index (χ4v) is 2.18. The van der Waals surface area contributed by atoms with Crippen molar-refractivity contribution >= 4 is 5.82 Å². The molecule has 102 valence electrons. The van der Waals surface area contributed by atoms with Crippen LogP contribution in [0, 0.1) is 0 Å². The summed E-state index contributed by atoms with van der Waals surface area (Å²) in [5.74, 6) is 1.78. The molecule has 1 fully saturated rings. The zero-order valence-corrected chi connectivity index (χ0v) is 11.8. The van der Waals surface area contributed by atoms with Crippen LogP contribution in [-0.2, 0) is 13.6 Å². The van der Waals surface area contributed by atoms with Gasteiger partial charge >= 0.3 is 0 Å². The Labute approximate surface area is 113 Å². The monoisotopic (exact) mass is 259 g/mol. The number of aryl methyl sites for hydroxylation is 1. The molecule has 0 atom stereocenters. The van der Waals surface area contributed by atoms with E-state index in [-0.39, 0.29) is 0 Å². The first-order valence-corrected chi connectivity index (χ1v) is 6.94. The van der Waals surface area contributed by atoms with Crippen LogP contribution in [0.2, 0.25) is 0 Å². The van der Waals surface area contributed by atoms with Gasteiger partial charge in [0.05, 0.1) is 11.9 Å². The maximum absolute atomic E-state index is 4.55. The van der Waals surface area contributed by atoms with Crippen LogP contribution in [0.15, 0.2) is 18.5 Å². The molecule has 2 aromatic heterocycles. The van der Waals surface area contributed by atoms with Gasteiger partial charge in [-0.1, -0.05) is 0 Å². The summed E-state index contributed by atoms with van der Waals surface area (Å²) in [5.41, 5.74) is 2.42. The predicted molar refractivity (Wildman–Crippen MR) is 75.1 cm³/mol.